The summed E-state index contributed by atoms with van der Waals surface area (Å²) in [4.78, 5) is 10.5. The first-order valence-electron chi connectivity index (χ1n) is 6.04. The summed E-state index contributed by atoms with van der Waals surface area (Å²) >= 11 is 0. The van der Waals surface area contributed by atoms with Gasteiger partial charge in [0.05, 0.1) is 17.7 Å². The fourth-order valence-corrected chi connectivity index (χ4v) is 1.82. The average Bonchev–Trinajstić information content (AvgIpc) is 2.77. The van der Waals surface area contributed by atoms with E-state index in [0.29, 0.717) is 12.1 Å². The molecule has 0 saturated heterocycles. The van der Waals surface area contributed by atoms with E-state index < -0.39 is 0 Å². The van der Waals surface area contributed by atoms with E-state index in [0.717, 1.165) is 17.8 Å². The Morgan fingerprint density at radius 1 is 1.42 bits per heavy atom. The molecule has 0 bridgehead atoms. The number of nitro groups is 1. The van der Waals surface area contributed by atoms with Crippen LogP contribution in [0, 0.1) is 24.0 Å². The number of aromatic nitrogens is 2. The number of benzene rings is 1. The lowest BCUT2D eigenvalue weighted by atomic mass is 10.2. The zero-order valence-electron chi connectivity index (χ0n) is 11.0. The number of hydrogen-bond donors (Lipinski definition) is 1. The third-order valence-electron chi connectivity index (χ3n) is 2.84. The number of nitro benzene ring substituents is 1. The molecule has 0 amide bonds. The van der Waals surface area contributed by atoms with Crippen molar-refractivity contribution in [2.24, 2.45) is 0 Å². The molecule has 2 rings (SSSR count). The van der Waals surface area contributed by atoms with Gasteiger partial charge in [-0.3, -0.25) is 14.8 Å². The van der Waals surface area contributed by atoms with Crippen molar-refractivity contribution in [3.05, 3.63) is 51.8 Å². The molecule has 1 aromatic carbocycles. The highest BCUT2D eigenvalue weighted by Gasteiger charge is 2.10. The first-order valence-corrected chi connectivity index (χ1v) is 6.04. The van der Waals surface area contributed by atoms with Crippen molar-refractivity contribution in [1.29, 1.82) is 0 Å². The molecule has 1 N–H and O–H groups in total. The van der Waals surface area contributed by atoms with Crippen LogP contribution in [0.25, 0.3) is 0 Å². The lowest BCUT2D eigenvalue weighted by Crippen LogP contribution is -2.11. The Hall–Kier alpha value is -2.37. The molecule has 0 atom stereocenters. The molecule has 0 aliphatic heterocycles. The van der Waals surface area contributed by atoms with Gasteiger partial charge in [0.15, 0.2) is 0 Å². The third-order valence-corrected chi connectivity index (χ3v) is 2.84. The highest BCUT2D eigenvalue weighted by atomic mass is 16.6. The zero-order valence-corrected chi connectivity index (χ0v) is 11.0. The molecule has 1 heterocycles. The second-order valence-corrected chi connectivity index (χ2v) is 4.47. The second-order valence-electron chi connectivity index (χ2n) is 4.47. The Morgan fingerprint density at radius 3 is 2.84 bits per heavy atom. The number of hydrogen-bond acceptors (Lipinski definition) is 4. The Balaban J connectivity index is 1.96. The molecule has 2 aromatic rings. The molecule has 1 aromatic heterocycles. The number of rotatable bonds is 5. The average molecular weight is 260 g/mol. The maximum atomic E-state index is 10.8. The molecule has 100 valence electrons. The van der Waals surface area contributed by atoms with Crippen molar-refractivity contribution < 1.29 is 4.92 Å². The van der Waals surface area contributed by atoms with Gasteiger partial charge in [0, 0.05) is 30.1 Å². The van der Waals surface area contributed by atoms with Crippen molar-refractivity contribution in [3.8, 4) is 0 Å². The highest BCUT2D eigenvalue weighted by molar-refractivity contribution is 5.54. The Kier molecular flexibility index (Phi) is 3.79. The summed E-state index contributed by atoms with van der Waals surface area (Å²) < 4.78 is 1.84. The van der Waals surface area contributed by atoms with Crippen molar-refractivity contribution in [3.63, 3.8) is 0 Å². The van der Waals surface area contributed by atoms with Crippen LogP contribution < -0.4 is 5.32 Å². The minimum atomic E-state index is -0.364. The van der Waals surface area contributed by atoms with E-state index in [4.69, 9.17) is 0 Å². The first-order chi connectivity index (χ1) is 9.06. The monoisotopic (exact) mass is 260 g/mol. The molecular formula is C13H16N4O2. The van der Waals surface area contributed by atoms with E-state index in [1.165, 1.54) is 0 Å². The van der Waals surface area contributed by atoms with Crippen molar-refractivity contribution in [2.45, 2.75) is 20.4 Å². The van der Waals surface area contributed by atoms with Crippen LogP contribution in [-0.4, -0.2) is 21.2 Å². The minimum Gasteiger partial charge on any atom is -0.383 e. The molecule has 0 aliphatic carbocycles. The summed E-state index contributed by atoms with van der Waals surface area (Å²) in [6, 6.07) is 5.15. The Labute approximate surface area is 111 Å². The van der Waals surface area contributed by atoms with E-state index in [1.54, 1.807) is 25.3 Å². The van der Waals surface area contributed by atoms with Crippen molar-refractivity contribution in [2.75, 3.05) is 11.9 Å². The molecule has 0 radical (unpaired) electrons. The van der Waals surface area contributed by atoms with Gasteiger partial charge >= 0.3 is 0 Å². The van der Waals surface area contributed by atoms with E-state index in [2.05, 4.69) is 10.4 Å². The molecule has 19 heavy (non-hydrogen) atoms. The van der Waals surface area contributed by atoms with E-state index in [1.807, 2.05) is 23.9 Å². The van der Waals surface area contributed by atoms with Crippen LogP contribution in [0.1, 0.15) is 11.1 Å². The largest absolute Gasteiger partial charge is 0.383 e. The van der Waals surface area contributed by atoms with Gasteiger partial charge in [-0.2, -0.15) is 5.10 Å². The lowest BCUT2D eigenvalue weighted by Gasteiger charge is -2.07. The minimum absolute atomic E-state index is 0.139. The predicted molar refractivity (Wildman–Crippen MR) is 73.3 cm³/mol. The maximum absolute atomic E-state index is 10.8. The Morgan fingerprint density at radius 2 is 2.21 bits per heavy atom. The standard InChI is InChI=1S/C13H16N4O2/c1-10-8-15-16(9-10)6-5-14-12-4-3-11(2)13(7-12)17(18)19/h3-4,7-9,14H,5-6H2,1-2H3. The molecule has 6 heteroatoms. The van der Waals surface area contributed by atoms with Gasteiger partial charge in [-0.1, -0.05) is 6.07 Å². The van der Waals surface area contributed by atoms with Crippen LogP contribution in [-0.2, 0) is 6.54 Å². The van der Waals surface area contributed by atoms with E-state index in [9.17, 15) is 10.1 Å². The number of anilines is 1. The van der Waals surface area contributed by atoms with Crippen LogP contribution in [0.3, 0.4) is 0 Å². The number of nitrogens with zero attached hydrogens (tertiary/aromatic N) is 3. The predicted octanol–water partition coefficient (Wildman–Crippen LogP) is 2.52. The first kappa shape index (κ1) is 13.1. The van der Waals surface area contributed by atoms with Gasteiger partial charge in [-0.15, -0.1) is 0 Å². The summed E-state index contributed by atoms with van der Waals surface area (Å²) in [5.41, 5.74) is 2.67. The van der Waals surface area contributed by atoms with Gasteiger partial charge in [0.25, 0.3) is 5.69 Å². The molecular weight excluding hydrogens is 244 g/mol. The Bertz CT molecular complexity index is 592. The third kappa shape index (κ3) is 3.31. The van der Waals surface area contributed by atoms with Crippen LogP contribution in [0.2, 0.25) is 0 Å². The number of nitrogens with one attached hydrogen (secondary N) is 1. The normalized spacial score (nSPS) is 10.4. The van der Waals surface area contributed by atoms with Crippen LogP contribution >= 0.6 is 0 Å². The van der Waals surface area contributed by atoms with E-state index in [-0.39, 0.29) is 10.6 Å². The van der Waals surface area contributed by atoms with Crippen molar-refractivity contribution >= 4 is 11.4 Å². The van der Waals surface area contributed by atoms with Crippen LogP contribution in [0.15, 0.2) is 30.6 Å². The SMILES string of the molecule is Cc1cnn(CCNc2ccc(C)c([N+](=O)[O-])c2)c1. The fraction of sp³-hybridized carbons (Fsp3) is 0.308. The van der Waals surface area contributed by atoms with Gasteiger partial charge < -0.3 is 5.32 Å². The molecule has 0 fully saturated rings. The van der Waals surface area contributed by atoms with Crippen LogP contribution in [0.4, 0.5) is 11.4 Å². The summed E-state index contributed by atoms with van der Waals surface area (Å²) in [6.07, 6.45) is 3.76. The molecule has 6 nitrogen and oxygen atoms in total. The molecule has 0 spiro atoms. The summed E-state index contributed by atoms with van der Waals surface area (Å²) in [6.45, 7) is 5.10. The summed E-state index contributed by atoms with van der Waals surface area (Å²) in [5.74, 6) is 0. The molecule has 0 aliphatic rings. The fourth-order valence-electron chi connectivity index (χ4n) is 1.82. The smallest absolute Gasteiger partial charge is 0.274 e. The topological polar surface area (TPSA) is 73.0 Å². The van der Waals surface area contributed by atoms with Gasteiger partial charge in [-0.05, 0) is 25.5 Å². The maximum Gasteiger partial charge on any atom is 0.274 e. The summed E-state index contributed by atoms with van der Waals surface area (Å²) in [5, 5.41) is 18.2. The van der Waals surface area contributed by atoms with E-state index >= 15 is 0 Å². The lowest BCUT2D eigenvalue weighted by molar-refractivity contribution is -0.385. The van der Waals surface area contributed by atoms with Gasteiger partial charge in [-0.25, -0.2) is 0 Å². The van der Waals surface area contributed by atoms with Crippen molar-refractivity contribution in [1.82, 2.24) is 9.78 Å². The highest BCUT2D eigenvalue weighted by Crippen LogP contribution is 2.22. The zero-order chi connectivity index (χ0) is 13.8. The molecule has 0 saturated carbocycles. The summed E-state index contributed by atoms with van der Waals surface area (Å²) in [7, 11) is 0. The van der Waals surface area contributed by atoms with Crippen LogP contribution in [0.5, 0.6) is 0 Å². The quantitative estimate of drug-likeness (QED) is 0.662. The number of aryl methyl sites for hydroxylation is 2. The second kappa shape index (κ2) is 5.51. The van der Waals surface area contributed by atoms with Gasteiger partial charge in [0.2, 0.25) is 0 Å². The van der Waals surface area contributed by atoms with Gasteiger partial charge in [0.1, 0.15) is 0 Å². The molecule has 0 unspecified atom stereocenters.